The summed E-state index contributed by atoms with van der Waals surface area (Å²) in [7, 11) is 1.65. The lowest BCUT2D eigenvalue weighted by Gasteiger charge is -2.20. The van der Waals surface area contributed by atoms with E-state index in [1.54, 1.807) is 30.8 Å². The molecular weight excluding hydrogens is 286 g/mol. The van der Waals surface area contributed by atoms with Crippen LogP contribution in [0.1, 0.15) is 15.9 Å². The predicted molar refractivity (Wildman–Crippen MR) is 82.0 cm³/mol. The molecule has 3 rings (SSSR count). The predicted octanol–water partition coefficient (Wildman–Crippen LogP) is 2.23. The van der Waals surface area contributed by atoms with Gasteiger partial charge in [0, 0.05) is 35.4 Å². The van der Waals surface area contributed by atoms with Crippen LogP contribution < -0.4 is 4.90 Å². The minimum Gasteiger partial charge on any atom is -0.299 e. The van der Waals surface area contributed by atoms with Gasteiger partial charge in [-0.2, -0.15) is 0 Å². The highest BCUT2D eigenvalue weighted by atomic mass is 32.1. The van der Waals surface area contributed by atoms with Crippen LogP contribution in [-0.2, 0) is 4.79 Å². The van der Waals surface area contributed by atoms with Crippen molar-refractivity contribution in [3.8, 4) is 0 Å². The molecular formula is C15H13N3O2S. The van der Waals surface area contributed by atoms with Gasteiger partial charge in [0.2, 0.25) is 5.91 Å². The molecule has 0 atom stereocenters. The molecule has 106 valence electrons. The van der Waals surface area contributed by atoms with Crippen LogP contribution in [-0.4, -0.2) is 35.3 Å². The normalized spacial score (nSPS) is 13.5. The molecule has 1 aromatic heterocycles. The number of anilines is 1. The fraction of sp³-hybridized carbons (Fsp3) is 0.133. The van der Waals surface area contributed by atoms with Gasteiger partial charge in [0.1, 0.15) is 6.54 Å². The minimum absolute atomic E-state index is 0.0393. The first-order valence-corrected chi connectivity index (χ1v) is 7.24. The summed E-state index contributed by atoms with van der Waals surface area (Å²) in [6.07, 6.45) is 1.64. The summed E-state index contributed by atoms with van der Waals surface area (Å²) in [6, 6.07) is 7.24. The molecule has 0 spiro atoms. The van der Waals surface area contributed by atoms with E-state index in [1.807, 2.05) is 12.1 Å². The lowest BCUT2D eigenvalue weighted by molar-refractivity contribution is -0.118. The number of hydrogen-bond donors (Lipinski definition) is 0. The molecule has 0 bridgehead atoms. The monoisotopic (exact) mass is 299 g/mol. The van der Waals surface area contributed by atoms with Crippen LogP contribution in [0, 0.1) is 0 Å². The van der Waals surface area contributed by atoms with Gasteiger partial charge in [0.05, 0.1) is 0 Å². The number of aromatic nitrogens is 1. The van der Waals surface area contributed by atoms with Crippen molar-refractivity contribution >= 4 is 34.0 Å². The molecule has 0 saturated heterocycles. The Hall–Kier alpha value is -2.47. The zero-order valence-electron chi connectivity index (χ0n) is 11.4. The van der Waals surface area contributed by atoms with Gasteiger partial charge in [-0.25, -0.2) is 4.98 Å². The molecule has 1 aliphatic rings. The maximum absolute atomic E-state index is 12.3. The van der Waals surface area contributed by atoms with Gasteiger partial charge in [0.15, 0.2) is 5.13 Å². The van der Waals surface area contributed by atoms with Crippen molar-refractivity contribution < 1.29 is 9.59 Å². The third-order valence-corrected chi connectivity index (χ3v) is 4.26. The third-order valence-electron chi connectivity index (χ3n) is 3.41. The van der Waals surface area contributed by atoms with Crippen molar-refractivity contribution in [3.63, 3.8) is 0 Å². The highest BCUT2D eigenvalue weighted by Crippen LogP contribution is 2.31. The quantitative estimate of drug-likeness (QED) is 0.873. The highest BCUT2D eigenvalue weighted by Gasteiger charge is 2.32. The molecule has 6 heteroatoms. The van der Waals surface area contributed by atoms with E-state index < -0.39 is 0 Å². The van der Waals surface area contributed by atoms with E-state index in [0.717, 1.165) is 5.56 Å². The number of benzene rings is 1. The van der Waals surface area contributed by atoms with Crippen LogP contribution in [0.2, 0.25) is 0 Å². The number of rotatable bonds is 3. The summed E-state index contributed by atoms with van der Waals surface area (Å²) in [5.74, 6) is -0.385. The van der Waals surface area contributed by atoms with E-state index in [2.05, 4.69) is 11.6 Å². The van der Waals surface area contributed by atoms with E-state index in [0.29, 0.717) is 16.4 Å². The Bertz CT molecular complexity index is 689. The summed E-state index contributed by atoms with van der Waals surface area (Å²) < 4.78 is 0. The molecule has 1 aliphatic heterocycles. The average molecular weight is 299 g/mol. The smallest absolute Gasteiger partial charge is 0.259 e. The highest BCUT2D eigenvalue weighted by molar-refractivity contribution is 7.13. The van der Waals surface area contributed by atoms with Crippen molar-refractivity contribution in [1.29, 1.82) is 0 Å². The van der Waals surface area contributed by atoms with Gasteiger partial charge >= 0.3 is 0 Å². The standard InChI is InChI=1S/C15H13N3O2S/c1-10-11-5-3-4-6-12(11)14(20)18(10)9-13(19)17(2)15-16-7-8-21-15/h3-8H,1,9H2,2H3. The zero-order chi connectivity index (χ0) is 15.0. The van der Waals surface area contributed by atoms with Gasteiger partial charge in [0.25, 0.3) is 5.91 Å². The zero-order valence-corrected chi connectivity index (χ0v) is 12.3. The molecule has 2 heterocycles. The largest absolute Gasteiger partial charge is 0.299 e. The molecule has 2 aromatic rings. The molecule has 21 heavy (non-hydrogen) atoms. The van der Waals surface area contributed by atoms with Crippen LogP contribution in [0.5, 0.6) is 0 Å². The summed E-state index contributed by atoms with van der Waals surface area (Å²) in [5, 5.41) is 2.41. The van der Waals surface area contributed by atoms with Crippen LogP contribution in [0.3, 0.4) is 0 Å². The van der Waals surface area contributed by atoms with Gasteiger partial charge < -0.3 is 0 Å². The summed E-state index contributed by atoms with van der Waals surface area (Å²) in [5.41, 5.74) is 1.94. The van der Waals surface area contributed by atoms with Crippen molar-refractivity contribution in [3.05, 3.63) is 53.5 Å². The molecule has 0 saturated carbocycles. The molecule has 1 aromatic carbocycles. The van der Waals surface area contributed by atoms with Crippen molar-refractivity contribution in [2.45, 2.75) is 0 Å². The Morgan fingerprint density at radius 1 is 1.38 bits per heavy atom. The van der Waals surface area contributed by atoms with E-state index in [1.165, 1.54) is 21.1 Å². The van der Waals surface area contributed by atoms with Crippen LogP contribution >= 0.6 is 11.3 Å². The number of thiazole rings is 1. The molecule has 0 aliphatic carbocycles. The second-order valence-electron chi connectivity index (χ2n) is 4.65. The van der Waals surface area contributed by atoms with Gasteiger partial charge in [-0.15, -0.1) is 11.3 Å². The Labute approximate surface area is 126 Å². The lowest BCUT2D eigenvalue weighted by Crippen LogP contribution is -2.38. The molecule has 0 N–H and O–H groups in total. The first kappa shape index (κ1) is 13.5. The third kappa shape index (κ3) is 2.23. The Kier molecular flexibility index (Phi) is 3.31. The van der Waals surface area contributed by atoms with Gasteiger partial charge in [-0.3, -0.25) is 19.4 Å². The number of likely N-dealkylation sites (N-methyl/N-ethyl adjacent to an activating group) is 1. The molecule has 0 unspecified atom stereocenters. The lowest BCUT2D eigenvalue weighted by atomic mass is 10.1. The fourth-order valence-electron chi connectivity index (χ4n) is 2.23. The minimum atomic E-state index is -0.202. The second-order valence-corrected chi connectivity index (χ2v) is 5.52. The summed E-state index contributed by atoms with van der Waals surface area (Å²) in [4.78, 5) is 31.6. The number of carbonyl (C=O) groups excluding carboxylic acids is 2. The van der Waals surface area contributed by atoms with E-state index in [-0.39, 0.29) is 18.4 Å². The second kappa shape index (κ2) is 5.14. The maximum Gasteiger partial charge on any atom is 0.259 e. The number of nitrogens with zero attached hydrogens (tertiary/aromatic N) is 3. The van der Waals surface area contributed by atoms with E-state index >= 15 is 0 Å². The molecule has 2 amide bonds. The molecule has 0 fully saturated rings. The topological polar surface area (TPSA) is 53.5 Å². The molecule has 0 radical (unpaired) electrons. The first-order chi connectivity index (χ1) is 10.1. The Balaban J connectivity index is 1.79. The molecule has 5 nitrogen and oxygen atoms in total. The first-order valence-electron chi connectivity index (χ1n) is 6.36. The number of hydrogen-bond acceptors (Lipinski definition) is 4. The summed E-state index contributed by atoms with van der Waals surface area (Å²) in [6.45, 7) is 3.88. The fourth-order valence-corrected chi connectivity index (χ4v) is 2.86. The van der Waals surface area contributed by atoms with Crippen molar-refractivity contribution in [1.82, 2.24) is 9.88 Å². The number of carbonyl (C=O) groups is 2. The van der Waals surface area contributed by atoms with Crippen molar-refractivity contribution in [2.24, 2.45) is 0 Å². The van der Waals surface area contributed by atoms with Crippen LogP contribution in [0.15, 0.2) is 42.4 Å². The van der Waals surface area contributed by atoms with E-state index in [4.69, 9.17) is 0 Å². The van der Waals surface area contributed by atoms with Gasteiger partial charge in [-0.1, -0.05) is 24.8 Å². The van der Waals surface area contributed by atoms with E-state index in [9.17, 15) is 9.59 Å². The van der Waals surface area contributed by atoms with Gasteiger partial charge in [-0.05, 0) is 6.07 Å². The summed E-state index contributed by atoms with van der Waals surface area (Å²) >= 11 is 1.37. The maximum atomic E-state index is 12.3. The Morgan fingerprint density at radius 3 is 2.71 bits per heavy atom. The number of fused-ring (bicyclic) bond motifs is 1. The van der Waals surface area contributed by atoms with Crippen LogP contribution in [0.4, 0.5) is 5.13 Å². The Morgan fingerprint density at radius 2 is 2.10 bits per heavy atom. The average Bonchev–Trinajstić information content (AvgIpc) is 3.11. The number of amides is 2. The van der Waals surface area contributed by atoms with Crippen LogP contribution in [0.25, 0.3) is 5.70 Å². The van der Waals surface area contributed by atoms with Crippen molar-refractivity contribution in [2.75, 3.05) is 18.5 Å². The SMILES string of the molecule is C=C1c2ccccc2C(=O)N1CC(=O)N(C)c1nccs1.